The minimum Gasteiger partial charge on any atom is -0.467 e. The van der Waals surface area contributed by atoms with Crippen LogP contribution in [0.1, 0.15) is 51.2 Å². The van der Waals surface area contributed by atoms with Crippen LogP contribution in [0.15, 0.2) is 59.4 Å². The molecule has 2 heterocycles. The largest absolute Gasteiger partial charge is 0.467 e. The van der Waals surface area contributed by atoms with Crippen LogP contribution in [0.5, 0.6) is 0 Å². The van der Waals surface area contributed by atoms with Crippen molar-refractivity contribution >= 4 is 25.2 Å². The van der Waals surface area contributed by atoms with E-state index in [4.69, 9.17) is 14.1 Å². The van der Waals surface area contributed by atoms with Gasteiger partial charge in [0.05, 0.1) is 18.0 Å². The normalized spacial score (nSPS) is 19.2. The number of nitrogens with zero attached hydrogens (tertiary/aromatic N) is 3. The van der Waals surface area contributed by atoms with Crippen LogP contribution in [0.2, 0.25) is 18.1 Å². The predicted molar refractivity (Wildman–Crippen MR) is 136 cm³/mol. The summed E-state index contributed by atoms with van der Waals surface area (Å²) >= 11 is 0. The number of ether oxygens (including phenoxy) is 1. The van der Waals surface area contributed by atoms with Crippen LogP contribution in [-0.4, -0.2) is 37.1 Å². The summed E-state index contributed by atoms with van der Waals surface area (Å²) in [6.45, 7) is 12.8. The van der Waals surface area contributed by atoms with E-state index in [-0.39, 0.29) is 16.6 Å². The van der Waals surface area contributed by atoms with Gasteiger partial charge >= 0.3 is 5.97 Å². The summed E-state index contributed by atoms with van der Waals surface area (Å²) < 4.78 is 13.3. The van der Waals surface area contributed by atoms with Crippen molar-refractivity contribution in [2.75, 3.05) is 12.1 Å². The van der Waals surface area contributed by atoms with Crippen LogP contribution in [0, 0.1) is 0 Å². The van der Waals surface area contributed by atoms with Crippen LogP contribution in [0.25, 0.3) is 10.9 Å². The van der Waals surface area contributed by atoms with Crippen LogP contribution < -0.4 is 10.6 Å². The van der Waals surface area contributed by atoms with Gasteiger partial charge in [-0.15, -0.1) is 0 Å². The Hall–Kier alpha value is -2.97. The number of benzene rings is 2. The number of hydrogen-bond acceptors (Lipinski definition) is 6. The summed E-state index contributed by atoms with van der Waals surface area (Å²) in [5, 5.41) is 2.25. The highest BCUT2D eigenvalue weighted by Crippen LogP contribution is 2.43. The molecule has 0 spiro atoms. The van der Waals surface area contributed by atoms with Gasteiger partial charge in [-0.3, -0.25) is 9.80 Å². The third-order valence-corrected chi connectivity index (χ3v) is 11.6. The molecule has 0 amide bonds. The number of methoxy groups -OCH3 is 1. The third-order valence-electron chi connectivity index (χ3n) is 7.01. The number of fused-ring (bicyclic) bond motifs is 1. The van der Waals surface area contributed by atoms with Gasteiger partial charge in [-0.25, -0.2) is 14.5 Å². The van der Waals surface area contributed by atoms with Crippen molar-refractivity contribution in [3.05, 3.63) is 76.3 Å². The molecule has 3 aromatic rings. The fourth-order valence-corrected chi connectivity index (χ4v) is 5.45. The van der Waals surface area contributed by atoms with Crippen LogP contribution >= 0.6 is 0 Å². The van der Waals surface area contributed by atoms with E-state index < -0.39 is 26.4 Å². The molecule has 1 aromatic heterocycles. The van der Waals surface area contributed by atoms with Gasteiger partial charge in [0.1, 0.15) is 12.1 Å². The number of aromatic nitrogens is 2. The molecule has 1 aliphatic heterocycles. The SMILES string of the molecule is COC(=O)[C@H]1[C@H](c2ccccc2)N1n1c([C@H](C)O[Si](C)(C)C(C)(C)C)nc2ccccc2c1=O. The van der Waals surface area contributed by atoms with Gasteiger partial charge in [0.15, 0.2) is 20.2 Å². The highest BCUT2D eigenvalue weighted by Gasteiger charge is 2.57. The van der Waals surface area contributed by atoms with Crippen molar-refractivity contribution in [2.24, 2.45) is 0 Å². The molecule has 0 N–H and O–H groups in total. The van der Waals surface area contributed by atoms with E-state index >= 15 is 0 Å². The molecule has 0 radical (unpaired) electrons. The molecular formula is C26H33N3O4Si. The highest BCUT2D eigenvalue weighted by atomic mass is 28.4. The number of carbonyl (C=O) groups is 1. The van der Waals surface area contributed by atoms with Gasteiger partial charge in [0.25, 0.3) is 5.56 Å². The third kappa shape index (κ3) is 4.16. The highest BCUT2D eigenvalue weighted by molar-refractivity contribution is 6.74. The molecule has 3 atom stereocenters. The Morgan fingerprint density at radius 1 is 1.06 bits per heavy atom. The number of rotatable bonds is 6. The number of carbonyl (C=O) groups excluding carboxylic acids is 1. The average Bonchev–Trinajstić information content (AvgIpc) is 3.53. The fraction of sp³-hybridized carbons (Fsp3) is 0.423. The second kappa shape index (κ2) is 8.67. The fourth-order valence-electron chi connectivity index (χ4n) is 4.11. The standard InChI is InChI=1S/C26H33N3O4Si/c1-17(33-34(6,7)26(2,3)4)23-27-20-16-12-11-15-19(20)24(30)29(23)28-21(22(28)25(31)32-5)18-13-9-8-10-14-18/h8-17,21-22H,1-7H3/t17-,21-,22+,28?/m0/s1. The molecule has 4 rings (SSSR count). The summed E-state index contributed by atoms with van der Waals surface area (Å²) in [6.07, 6.45) is -0.450. The first kappa shape index (κ1) is 24.2. The number of para-hydroxylation sites is 1. The lowest BCUT2D eigenvalue weighted by molar-refractivity contribution is -0.140. The summed E-state index contributed by atoms with van der Waals surface area (Å²) in [4.78, 5) is 31.4. The van der Waals surface area contributed by atoms with Crippen molar-refractivity contribution < 1.29 is 14.0 Å². The molecule has 2 aromatic carbocycles. The minimum atomic E-state index is -2.17. The predicted octanol–water partition coefficient (Wildman–Crippen LogP) is 4.71. The maximum absolute atomic E-state index is 13.8. The molecule has 180 valence electrons. The van der Waals surface area contributed by atoms with E-state index in [1.165, 1.54) is 7.11 Å². The Morgan fingerprint density at radius 2 is 1.68 bits per heavy atom. The van der Waals surface area contributed by atoms with Crippen molar-refractivity contribution in [3.8, 4) is 0 Å². The molecule has 34 heavy (non-hydrogen) atoms. The molecule has 1 aliphatic rings. The van der Waals surface area contributed by atoms with Crippen LogP contribution in [0.4, 0.5) is 0 Å². The van der Waals surface area contributed by atoms with Crippen LogP contribution in [-0.2, 0) is 14.0 Å². The monoisotopic (exact) mass is 479 g/mol. The van der Waals surface area contributed by atoms with Gasteiger partial charge in [-0.05, 0) is 42.8 Å². The number of hydrogen-bond donors (Lipinski definition) is 0. The Bertz CT molecular complexity index is 1270. The lowest BCUT2D eigenvalue weighted by atomic mass is 10.1. The van der Waals surface area contributed by atoms with Crippen molar-refractivity contribution in [3.63, 3.8) is 0 Å². The van der Waals surface area contributed by atoms with Gasteiger partial charge in [-0.2, -0.15) is 0 Å². The van der Waals surface area contributed by atoms with Gasteiger partial charge in [-0.1, -0.05) is 63.2 Å². The van der Waals surface area contributed by atoms with E-state index in [1.807, 2.05) is 55.5 Å². The maximum atomic E-state index is 13.8. The van der Waals surface area contributed by atoms with E-state index in [9.17, 15) is 9.59 Å². The molecule has 7 nitrogen and oxygen atoms in total. The zero-order chi connectivity index (χ0) is 24.8. The van der Waals surface area contributed by atoms with Crippen LogP contribution in [0.3, 0.4) is 0 Å². The molecule has 0 bridgehead atoms. The van der Waals surface area contributed by atoms with Gasteiger partial charge < -0.3 is 9.16 Å². The summed E-state index contributed by atoms with van der Waals surface area (Å²) in [7, 11) is -0.798. The lowest BCUT2D eigenvalue weighted by Gasteiger charge is -2.38. The first-order valence-electron chi connectivity index (χ1n) is 11.6. The first-order valence-corrected chi connectivity index (χ1v) is 14.5. The van der Waals surface area contributed by atoms with E-state index in [1.54, 1.807) is 15.8 Å². The molecule has 0 unspecified atom stereocenters. The molecule has 1 fully saturated rings. The number of esters is 1. The molecule has 0 aliphatic carbocycles. The lowest BCUT2D eigenvalue weighted by Crippen LogP contribution is -2.43. The quantitative estimate of drug-likeness (QED) is 0.290. The summed E-state index contributed by atoms with van der Waals surface area (Å²) in [5.74, 6) is 0.0960. The molecular weight excluding hydrogens is 446 g/mol. The zero-order valence-corrected chi connectivity index (χ0v) is 21.9. The zero-order valence-electron chi connectivity index (χ0n) is 20.9. The average molecular weight is 480 g/mol. The smallest absolute Gasteiger partial charge is 0.332 e. The maximum Gasteiger partial charge on any atom is 0.332 e. The van der Waals surface area contributed by atoms with Gasteiger partial charge in [0.2, 0.25) is 0 Å². The second-order valence-electron chi connectivity index (χ2n) is 10.3. The van der Waals surface area contributed by atoms with E-state index in [2.05, 4.69) is 33.9 Å². The summed E-state index contributed by atoms with van der Waals surface area (Å²) in [5.41, 5.74) is 1.32. The van der Waals surface area contributed by atoms with Crippen molar-refractivity contribution in [2.45, 2.75) is 64.0 Å². The Balaban J connectivity index is 1.88. The molecule has 1 saturated heterocycles. The minimum absolute atomic E-state index is 0.00970. The van der Waals surface area contributed by atoms with Crippen molar-refractivity contribution in [1.82, 2.24) is 9.66 Å². The summed E-state index contributed by atoms with van der Waals surface area (Å²) in [6, 6.07) is 16.0. The first-order chi connectivity index (χ1) is 16.0. The molecule has 8 heteroatoms. The molecule has 0 saturated carbocycles. The second-order valence-corrected chi connectivity index (χ2v) is 15.1. The van der Waals surface area contributed by atoms with E-state index in [0.29, 0.717) is 16.7 Å². The van der Waals surface area contributed by atoms with Crippen molar-refractivity contribution in [1.29, 1.82) is 0 Å². The Kier molecular flexibility index (Phi) is 6.16. The Morgan fingerprint density at radius 3 is 2.29 bits per heavy atom. The topological polar surface area (TPSA) is 73.4 Å². The van der Waals surface area contributed by atoms with E-state index in [0.717, 1.165) is 5.56 Å². The van der Waals surface area contributed by atoms with Gasteiger partial charge in [0, 0.05) is 0 Å². The Labute approximate surface area is 201 Å².